The summed E-state index contributed by atoms with van der Waals surface area (Å²) in [6.45, 7) is -0.0231. The Morgan fingerprint density at radius 1 is 1.02 bits per heavy atom. The predicted octanol–water partition coefficient (Wildman–Crippen LogP) is 3.60. The molecule has 3 amide bonds. The fraction of sp³-hybridized carbons (Fsp3) is 0.312. The number of aromatic nitrogens is 4. The standard InChI is InChI=1S/C32H32N6O7S/c1-37-31(34-35-36-37)46-19-25-15-27(22-12-10-20(17-39)11-13-22)45-30(44-25)23-8-5-9-24(14-23)38-28(40)16-26(29(38)41)33-32(42)43-18-21-6-3-2-4-7-21/h2-14,25-27,30,39H,15-19H2,1H3,(H,33,42). The zero-order chi connectivity index (χ0) is 32.0. The molecule has 3 aromatic carbocycles. The second-order valence-electron chi connectivity index (χ2n) is 10.9. The van der Waals surface area contributed by atoms with Gasteiger partial charge in [0.25, 0.3) is 5.91 Å². The summed E-state index contributed by atoms with van der Waals surface area (Å²) in [6.07, 6.45) is -1.81. The summed E-state index contributed by atoms with van der Waals surface area (Å²) in [7, 11) is 1.77. The van der Waals surface area contributed by atoms with E-state index in [1.165, 1.54) is 11.8 Å². The third kappa shape index (κ3) is 7.26. The summed E-state index contributed by atoms with van der Waals surface area (Å²) in [4.78, 5) is 39.8. The number of alkyl carbamates (subject to hydrolysis) is 1. The number of anilines is 1. The number of hydrogen-bond donors (Lipinski definition) is 2. The fourth-order valence-corrected chi connectivity index (χ4v) is 6.13. The minimum Gasteiger partial charge on any atom is -0.445 e. The van der Waals surface area contributed by atoms with Gasteiger partial charge >= 0.3 is 6.09 Å². The highest BCUT2D eigenvalue weighted by atomic mass is 32.2. The van der Waals surface area contributed by atoms with Gasteiger partial charge in [-0.1, -0.05) is 78.5 Å². The number of imide groups is 1. The first-order chi connectivity index (χ1) is 22.4. The molecule has 2 N–H and O–H groups in total. The van der Waals surface area contributed by atoms with E-state index in [0.29, 0.717) is 28.6 Å². The molecule has 4 aromatic rings. The molecule has 2 saturated heterocycles. The molecule has 2 fully saturated rings. The van der Waals surface area contributed by atoms with Gasteiger partial charge in [-0.2, -0.15) is 0 Å². The van der Waals surface area contributed by atoms with Crippen molar-refractivity contribution < 1.29 is 33.7 Å². The minimum absolute atomic E-state index is 0.0379. The van der Waals surface area contributed by atoms with Gasteiger partial charge in [-0.3, -0.25) is 9.59 Å². The molecule has 0 saturated carbocycles. The second kappa shape index (κ2) is 14.2. The first-order valence-electron chi connectivity index (χ1n) is 14.7. The molecule has 238 valence electrons. The van der Waals surface area contributed by atoms with Crippen molar-refractivity contribution in [2.75, 3.05) is 10.7 Å². The smallest absolute Gasteiger partial charge is 0.408 e. The van der Waals surface area contributed by atoms with Gasteiger partial charge in [0.1, 0.15) is 12.6 Å². The lowest BCUT2D eigenvalue weighted by Gasteiger charge is -2.36. The van der Waals surface area contributed by atoms with Crippen molar-refractivity contribution in [3.63, 3.8) is 0 Å². The Hall–Kier alpha value is -4.63. The number of thioether (sulfide) groups is 1. The van der Waals surface area contributed by atoms with E-state index in [4.69, 9.17) is 14.2 Å². The van der Waals surface area contributed by atoms with E-state index in [2.05, 4.69) is 20.8 Å². The number of rotatable bonds is 10. The van der Waals surface area contributed by atoms with Gasteiger partial charge in [-0.25, -0.2) is 14.4 Å². The van der Waals surface area contributed by atoms with Crippen molar-refractivity contribution in [3.05, 3.63) is 101 Å². The summed E-state index contributed by atoms with van der Waals surface area (Å²) in [5, 5.41) is 24.3. The Morgan fingerprint density at radius 2 is 1.83 bits per heavy atom. The van der Waals surface area contributed by atoms with Crippen LogP contribution in [0.3, 0.4) is 0 Å². The van der Waals surface area contributed by atoms with Crippen LogP contribution >= 0.6 is 11.8 Å². The summed E-state index contributed by atoms with van der Waals surface area (Å²) in [6, 6.07) is 22.5. The van der Waals surface area contributed by atoms with E-state index in [1.54, 1.807) is 29.9 Å². The van der Waals surface area contributed by atoms with Gasteiger partial charge in [-0.05, 0) is 39.2 Å². The predicted molar refractivity (Wildman–Crippen MR) is 165 cm³/mol. The highest BCUT2D eigenvalue weighted by molar-refractivity contribution is 7.99. The quantitative estimate of drug-likeness (QED) is 0.192. The number of benzene rings is 3. The van der Waals surface area contributed by atoms with E-state index in [-0.39, 0.29) is 31.8 Å². The van der Waals surface area contributed by atoms with Crippen molar-refractivity contribution in [1.29, 1.82) is 0 Å². The molecule has 3 heterocycles. The van der Waals surface area contributed by atoms with Gasteiger partial charge in [0.15, 0.2) is 6.29 Å². The molecule has 13 nitrogen and oxygen atoms in total. The normalized spacial score (nSPS) is 21.4. The number of amides is 3. The van der Waals surface area contributed by atoms with E-state index in [0.717, 1.165) is 21.6 Å². The van der Waals surface area contributed by atoms with Crippen LogP contribution in [-0.4, -0.2) is 61.1 Å². The van der Waals surface area contributed by atoms with Crippen LogP contribution in [0, 0.1) is 0 Å². The van der Waals surface area contributed by atoms with Gasteiger partial charge < -0.3 is 24.6 Å². The van der Waals surface area contributed by atoms with Crippen LogP contribution in [0.25, 0.3) is 0 Å². The summed E-state index contributed by atoms with van der Waals surface area (Å²) >= 11 is 1.46. The first kappa shape index (κ1) is 31.4. The van der Waals surface area contributed by atoms with Crippen LogP contribution in [0.2, 0.25) is 0 Å². The maximum atomic E-state index is 13.3. The maximum absolute atomic E-state index is 13.3. The van der Waals surface area contributed by atoms with Crippen molar-refractivity contribution >= 4 is 35.4 Å². The zero-order valence-corrected chi connectivity index (χ0v) is 25.7. The molecule has 0 spiro atoms. The molecule has 6 rings (SSSR count). The molecule has 4 unspecified atom stereocenters. The molecule has 0 radical (unpaired) electrons. The number of nitrogens with one attached hydrogen (secondary N) is 1. The maximum Gasteiger partial charge on any atom is 0.408 e. The van der Waals surface area contributed by atoms with Crippen molar-refractivity contribution in [2.45, 2.75) is 55.8 Å². The lowest BCUT2D eigenvalue weighted by Crippen LogP contribution is -2.42. The second-order valence-corrected chi connectivity index (χ2v) is 11.9. The Bertz CT molecular complexity index is 1690. The average molecular weight is 645 g/mol. The van der Waals surface area contributed by atoms with Gasteiger partial charge in [0.2, 0.25) is 11.1 Å². The third-order valence-corrected chi connectivity index (χ3v) is 8.79. The summed E-state index contributed by atoms with van der Waals surface area (Å²) in [5.74, 6) is -0.456. The highest BCUT2D eigenvalue weighted by Crippen LogP contribution is 2.40. The lowest BCUT2D eigenvalue weighted by atomic mass is 10.0. The fourth-order valence-electron chi connectivity index (χ4n) is 5.27. The summed E-state index contributed by atoms with van der Waals surface area (Å²) in [5.41, 5.74) is 3.47. The molecule has 0 bridgehead atoms. The average Bonchev–Trinajstić information content (AvgIpc) is 3.63. The number of aryl methyl sites for hydroxylation is 1. The first-order valence-corrected chi connectivity index (χ1v) is 15.7. The summed E-state index contributed by atoms with van der Waals surface area (Å²) < 4.78 is 19.7. The van der Waals surface area contributed by atoms with Gasteiger partial charge in [0.05, 0.1) is 30.9 Å². The van der Waals surface area contributed by atoms with E-state index in [1.807, 2.05) is 60.7 Å². The van der Waals surface area contributed by atoms with Gasteiger partial charge in [-0.15, -0.1) is 5.10 Å². The van der Waals surface area contributed by atoms with Crippen LogP contribution < -0.4 is 10.2 Å². The molecule has 14 heteroatoms. The van der Waals surface area contributed by atoms with E-state index in [9.17, 15) is 19.5 Å². The lowest BCUT2D eigenvalue weighted by molar-refractivity contribution is -0.245. The number of aliphatic hydroxyl groups is 1. The molecule has 2 aliphatic rings. The monoisotopic (exact) mass is 644 g/mol. The number of carbonyl (C=O) groups excluding carboxylic acids is 3. The number of hydrogen-bond acceptors (Lipinski definition) is 11. The van der Waals surface area contributed by atoms with Crippen LogP contribution in [-0.2, 0) is 44.1 Å². The van der Waals surface area contributed by atoms with Gasteiger partial charge in [0, 0.05) is 24.8 Å². The van der Waals surface area contributed by atoms with Crippen molar-refractivity contribution in [2.24, 2.45) is 7.05 Å². The molecule has 0 aliphatic carbocycles. The van der Waals surface area contributed by atoms with Crippen LogP contribution in [0.15, 0.2) is 84.0 Å². The van der Waals surface area contributed by atoms with E-state index < -0.39 is 30.2 Å². The number of aliphatic hydroxyl groups excluding tert-OH is 1. The molecule has 46 heavy (non-hydrogen) atoms. The minimum atomic E-state index is -1.05. The number of nitrogens with zero attached hydrogens (tertiary/aromatic N) is 5. The van der Waals surface area contributed by atoms with Crippen LogP contribution in [0.1, 0.15) is 47.5 Å². The Morgan fingerprint density at radius 3 is 2.57 bits per heavy atom. The topological polar surface area (TPSA) is 158 Å². The Labute approximate surface area is 268 Å². The number of ether oxygens (including phenoxy) is 3. The van der Waals surface area contributed by atoms with Crippen molar-refractivity contribution in [1.82, 2.24) is 25.5 Å². The van der Waals surface area contributed by atoms with E-state index >= 15 is 0 Å². The Kier molecular flexibility index (Phi) is 9.68. The Balaban J connectivity index is 1.16. The number of carbonyl (C=O) groups is 3. The zero-order valence-electron chi connectivity index (χ0n) is 24.9. The third-order valence-electron chi connectivity index (χ3n) is 7.65. The number of tetrazole rings is 1. The SMILES string of the molecule is Cn1nnnc1SCC1CC(c2ccc(CO)cc2)OC(c2cccc(N3C(=O)CC(NC(=O)OCc4ccccc4)C3=O)c2)O1. The van der Waals surface area contributed by atoms with Crippen LogP contribution in [0.4, 0.5) is 10.5 Å². The van der Waals surface area contributed by atoms with Crippen LogP contribution in [0.5, 0.6) is 0 Å². The molecular weight excluding hydrogens is 612 g/mol. The molecule has 2 aliphatic heterocycles. The highest BCUT2D eigenvalue weighted by Gasteiger charge is 2.41. The molecule has 1 aromatic heterocycles. The largest absolute Gasteiger partial charge is 0.445 e. The molecular formula is C32H32N6O7S. The van der Waals surface area contributed by atoms with Crippen molar-refractivity contribution in [3.8, 4) is 0 Å². The molecule has 4 atom stereocenters.